The van der Waals surface area contributed by atoms with Gasteiger partial charge in [-0.25, -0.2) is 4.79 Å². The van der Waals surface area contributed by atoms with Crippen LogP contribution in [0, 0.1) is 0 Å². The lowest BCUT2D eigenvalue weighted by Crippen LogP contribution is -2.36. The molecule has 5 nitrogen and oxygen atoms in total. The van der Waals surface area contributed by atoms with Gasteiger partial charge < -0.3 is 5.32 Å². The van der Waals surface area contributed by atoms with E-state index in [1.807, 2.05) is 0 Å². The van der Waals surface area contributed by atoms with E-state index in [0.717, 1.165) is 12.8 Å². The molecule has 1 aromatic rings. The first-order valence-electron chi connectivity index (χ1n) is 5.31. The summed E-state index contributed by atoms with van der Waals surface area (Å²) in [6.45, 7) is 0. The van der Waals surface area contributed by atoms with Gasteiger partial charge >= 0.3 is 6.03 Å². The van der Waals surface area contributed by atoms with Crippen molar-refractivity contribution in [3.05, 3.63) is 12.3 Å². The van der Waals surface area contributed by atoms with Gasteiger partial charge in [0.25, 0.3) is 0 Å². The summed E-state index contributed by atoms with van der Waals surface area (Å²) in [5.74, 6) is 0.713. The van der Waals surface area contributed by atoms with Crippen molar-refractivity contribution in [2.45, 2.75) is 31.7 Å². The molecule has 1 aliphatic rings. The first-order valence-corrected chi connectivity index (χ1v) is 5.31. The molecule has 1 fully saturated rings. The maximum atomic E-state index is 11.6. The van der Waals surface area contributed by atoms with E-state index in [9.17, 15) is 4.79 Å². The van der Waals surface area contributed by atoms with E-state index in [1.54, 1.807) is 24.0 Å². The van der Waals surface area contributed by atoms with Gasteiger partial charge in [0.1, 0.15) is 5.82 Å². The van der Waals surface area contributed by atoms with E-state index in [2.05, 4.69) is 15.7 Å². The molecule has 2 N–H and O–H groups in total. The Hall–Kier alpha value is -1.52. The van der Waals surface area contributed by atoms with Crippen molar-refractivity contribution in [3.63, 3.8) is 0 Å². The highest BCUT2D eigenvalue weighted by atomic mass is 16.2. The molecule has 0 saturated heterocycles. The molecule has 0 radical (unpaired) electrons. The van der Waals surface area contributed by atoms with E-state index in [1.165, 1.54) is 12.8 Å². The Morgan fingerprint density at radius 1 is 1.53 bits per heavy atom. The summed E-state index contributed by atoms with van der Waals surface area (Å²) in [5.41, 5.74) is 0. The average molecular weight is 208 g/mol. The zero-order valence-corrected chi connectivity index (χ0v) is 8.86. The molecule has 0 atom stereocenters. The molecular weight excluding hydrogens is 192 g/mol. The summed E-state index contributed by atoms with van der Waals surface area (Å²) in [6, 6.07) is 1.98. The van der Waals surface area contributed by atoms with Gasteiger partial charge in [-0.05, 0) is 12.8 Å². The second-order valence-electron chi connectivity index (χ2n) is 3.92. The number of hydrogen-bond donors (Lipinski definition) is 2. The first kappa shape index (κ1) is 10.0. The van der Waals surface area contributed by atoms with Crippen molar-refractivity contribution in [1.82, 2.24) is 15.1 Å². The summed E-state index contributed by atoms with van der Waals surface area (Å²) in [4.78, 5) is 11.6. The van der Waals surface area contributed by atoms with Crippen LogP contribution in [0.2, 0.25) is 0 Å². The Balaban J connectivity index is 1.84. The Morgan fingerprint density at radius 3 is 2.87 bits per heavy atom. The summed E-state index contributed by atoms with van der Waals surface area (Å²) >= 11 is 0. The minimum absolute atomic E-state index is 0.134. The molecule has 2 rings (SSSR count). The molecule has 15 heavy (non-hydrogen) atoms. The lowest BCUT2D eigenvalue weighted by atomic mass is 10.2. The van der Waals surface area contributed by atoms with Crippen molar-refractivity contribution in [1.29, 1.82) is 0 Å². The van der Waals surface area contributed by atoms with Crippen LogP contribution < -0.4 is 10.6 Å². The molecule has 1 aliphatic carbocycles. The monoisotopic (exact) mass is 208 g/mol. The molecule has 2 amide bonds. The summed E-state index contributed by atoms with van der Waals surface area (Å²) in [7, 11) is 1.80. The molecule has 5 heteroatoms. The lowest BCUT2D eigenvalue weighted by molar-refractivity contribution is 0.248. The Kier molecular flexibility index (Phi) is 2.89. The molecule has 1 heterocycles. The zero-order valence-electron chi connectivity index (χ0n) is 8.86. The summed E-state index contributed by atoms with van der Waals surface area (Å²) in [6.07, 6.45) is 6.29. The Bertz CT molecular complexity index is 341. The van der Waals surface area contributed by atoms with Crippen molar-refractivity contribution < 1.29 is 4.79 Å². The quantitative estimate of drug-likeness (QED) is 0.773. The van der Waals surface area contributed by atoms with Crippen LogP contribution in [0.5, 0.6) is 0 Å². The van der Waals surface area contributed by atoms with Crippen LogP contribution in [-0.2, 0) is 7.05 Å². The number of aryl methyl sites for hydroxylation is 1. The summed E-state index contributed by atoms with van der Waals surface area (Å²) < 4.78 is 1.63. The number of carbonyl (C=O) groups excluding carboxylic acids is 1. The Morgan fingerprint density at radius 2 is 2.27 bits per heavy atom. The Labute approximate surface area is 88.8 Å². The fourth-order valence-electron chi connectivity index (χ4n) is 1.90. The predicted molar refractivity (Wildman–Crippen MR) is 57.6 cm³/mol. The number of rotatable bonds is 2. The largest absolute Gasteiger partial charge is 0.335 e. The van der Waals surface area contributed by atoms with Gasteiger partial charge in [0, 0.05) is 19.2 Å². The number of aromatic nitrogens is 2. The fourth-order valence-corrected chi connectivity index (χ4v) is 1.90. The standard InChI is InChI=1S/C10H16N4O/c1-14-9(6-7-11-14)13-10(15)12-8-4-2-3-5-8/h6-8H,2-5H2,1H3,(H2,12,13,15). The van der Waals surface area contributed by atoms with E-state index in [4.69, 9.17) is 0 Å². The molecule has 1 saturated carbocycles. The third-order valence-corrected chi connectivity index (χ3v) is 2.75. The third kappa shape index (κ3) is 2.49. The highest BCUT2D eigenvalue weighted by molar-refractivity contribution is 5.88. The number of nitrogens with one attached hydrogen (secondary N) is 2. The van der Waals surface area contributed by atoms with Crippen molar-refractivity contribution in [2.75, 3.05) is 5.32 Å². The highest BCUT2D eigenvalue weighted by Crippen LogP contribution is 2.17. The SMILES string of the molecule is Cn1nccc1NC(=O)NC1CCCC1. The van der Waals surface area contributed by atoms with Crippen LogP contribution in [0.3, 0.4) is 0 Å². The van der Waals surface area contributed by atoms with Crippen molar-refractivity contribution >= 4 is 11.8 Å². The number of carbonyl (C=O) groups is 1. The van der Waals surface area contributed by atoms with Gasteiger partial charge in [-0.3, -0.25) is 10.00 Å². The van der Waals surface area contributed by atoms with Gasteiger partial charge in [-0.15, -0.1) is 0 Å². The second-order valence-corrected chi connectivity index (χ2v) is 3.92. The predicted octanol–water partition coefficient (Wildman–Crippen LogP) is 1.48. The molecule has 82 valence electrons. The van der Waals surface area contributed by atoms with Gasteiger partial charge in [-0.2, -0.15) is 5.10 Å². The lowest BCUT2D eigenvalue weighted by Gasteiger charge is -2.12. The maximum Gasteiger partial charge on any atom is 0.320 e. The normalized spacial score (nSPS) is 16.6. The molecule has 0 aliphatic heterocycles. The van der Waals surface area contributed by atoms with Gasteiger partial charge in [0.15, 0.2) is 0 Å². The van der Waals surface area contributed by atoms with Crippen LogP contribution in [0.15, 0.2) is 12.3 Å². The molecule has 1 aromatic heterocycles. The minimum Gasteiger partial charge on any atom is -0.335 e. The van der Waals surface area contributed by atoms with Crippen LogP contribution in [-0.4, -0.2) is 21.9 Å². The van der Waals surface area contributed by atoms with Crippen LogP contribution in [0.1, 0.15) is 25.7 Å². The smallest absolute Gasteiger partial charge is 0.320 e. The van der Waals surface area contributed by atoms with E-state index in [0.29, 0.717) is 11.9 Å². The van der Waals surface area contributed by atoms with Gasteiger partial charge in [0.2, 0.25) is 0 Å². The zero-order chi connectivity index (χ0) is 10.7. The molecular formula is C10H16N4O. The number of anilines is 1. The van der Waals surface area contributed by atoms with Crippen molar-refractivity contribution in [3.8, 4) is 0 Å². The number of hydrogen-bond acceptors (Lipinski definition) is 2. The minimum atomic E-state index is -0.134. The van der Waals surface area contributed by atoms with E-state index < -0.39 is 0 Å². The van der Waals surface area contributed by atoms with Gasteiger partial charge in [-0.1, -0.05) is 12.8 Å². The molecule has 0 aromatic carbocycles. The van der Waals surface area contributed by atoms with Crippen LogP contribution in [0.25, 0.3) is 0 Å². The average Bonchev–Trinajstić information content (AvgIpc) is 2.79. The molecule has 0 unspecified atom stereocenters. The maximum absolute atomic E-state index is 11.6. The number of urea groups is 1. The molecule has 0 spiro atoms. The van der Waals surface area contributed by atoms with E-state index in [-0.39, 0.29) is 6.03 Å². The topological polar surface area (TPSA) is 59.0 Å². The van der Waals surface area contributed by atoms with E-state index >= 15 is 0 Å². The fraction of sp³-hybridized carbons (Fsp3) is 0.600. The number of amides is 2. The van der Waals surface area contributed by atoms with Gasteiger partial charge in [0.05, 0.1) is 6.20 Å². The molecule has 0 bridgehead atoms. The van der Waals surface area contributed by atoms with Crippen LogP contribution in [0.4, 0.5) is 10.6 Å². The van der Waals surface area contributed by atoms with Crippen molar-refractivity contribution in [2.24, 2.45) is 7.05 Å². The second kappa shape index (κ2) is 4.33. The highest BCUT2D eigenvalue weighted by Gasteiger charge is 2.17. The van der Waals surface area contributed by atoms with Crippen LogP contribution >= 0.6 is 0 Å². The first-order chi connectivity index (χ1) is 7.25. The summed E-state index contributed by atoms with van der Waals surface area (Å²) in [5, 5.41) is 9.70. The number of nitrogens with zero attached hydrogens (tertiary/aromatic N) is 2. The third-order valence-electron chi connectivity index (χ3n) is 2.75.